The third-order valence-electron chi connectivity index (χ3n) is 1.05. The molecule has 0 saturated heterocycles. The van der Waals surface area contributed by atoms with E-state index < -0.39 is 0 Å². The van der Waals surface area contributed by atoms with Gasteiger partial charge in [0.2, 0.25) is 0 Å². The average molecular weight is 103 g/mol. The highest BCUT2D eigenvalue weighted by molar-refractivity contribution is 5.25. The Bertz CT molecular complexity index is 176. The van der Waals surface area contributed by atoms with Gasteiger partial charge in [0.25, 0.3) is 0 Å². The van der Waals surface area contributed by atoms with Crippen LogP contribution in [-0.2, 0) is 0 Å². The van der Waals surface area contributed by atoms with Crippen molar-refractivity contribution in [2.45, 2.75) is 6.42 Å². The Morgan fingerprint density at radius 3 is 3.00 bits per heavy atom. The molecule has 0 heteroatoms. The third-order valence-corrected chi connectivity index (χ3v) is 1.05. The summed E-state index contributed by atoms with van der Waals surface area (Å²) >= 11 is 0. The molecule has 0 spiro atoms. The van der Waals surface area contributed by atoms with E-state index in [1.165, 1.54) is 0 Å². The monoisotopic (exact) mass is 103 g/mol. The van der Waals surface area contributed by atoms with Crippen LogP contribution in [0.25, 0.3) is 0 Å². The lowest BCUT2D eigenvalue weighted by Crippen LogP contribution is -1.76. The lowest BCUT2D eigenvalue weighted by Gasteiger charge is -1.93. The molecule has 1 rings (SSSR count). The first-order valence-electron chi connectivity index (χ1n) is 2.56. The van der Waals surface area contributed by atoms with E-state index in [1.807, 2.05) is 18.2 Å². The van der Waals surface area contributed by atoms with Crippen molar-refractivity contribution >= 4 is 0 Å². The molecule has 1 aliphatic rings. The highest BCUT2D eigenvalue weighted by Gasteiger charge is 1.88. The summed E-state index contributed by atoms with van der Waals surface area (Å²) in [5.74, 6) is 0. The highest BCUT2D eigenvalue weighted by atomic mass is 13.9. The van der Waals surface area contributed by atoms with Crippen LogP contribution in [0.5, 0.6) is 0 Å². The van der Waals surface area contributed by atoms with Gasteiger partial charge in [-0.25, -0.2) is 0 Å². The minimum Gasteiger partial charge on any atom is -0.125 e. The van der Waals surface area contributed by atoms with E-state index in [-0.39, 0.29) is 0 Å². The van der Waals surface area contributed by atoms with Crippen LogP contribution in [0, 0.1) is 6.08 Å². The summed E-state index contributed by atoms with van der Waals surface area (Å²) < 4.78 is 0. The van der Waals surface area contributed by atoms with Gasteiger partial charge in [-0.05, 0) is 18.1 Å². The van der Waals surface area contributed by atoms with Gasteiger partial charge in [0.15, 0.2) is 0 Å². The van der Waals surface area contributed by atoms with Gasteiger partial charge >= 0.3 is 0 Å². The van der Waals surface area contributed by atoms with Gasteiger partial charge in [-0.2, -0.15) is 0 Å². The molecule has 0 aromatic heterocycles. The fraction of sp³-hybridized carbons (Fsp3) is 0.125. The number of allylic oxidation sites excluding steroid dienone is 5. The Hall–Kier alpha value is -1.00. The van der Waals surface area contributed by atoms with Crippen LogP contribution in [0.1, 0.15) is 6.42 Å². The first-order chi connectivity index (χ1) is 3.93. The molecule has 0 heterocycles. The SMILES string of the molecule is C=C=C1C=C[C]=CC1. The molecule has 0 nitrogen and oxygen atoms in total. The fourth-order valence-electron chi connectivity index (χ4n) is 0.585. The maximum atomic E-state index is 3.52. The zero-order chi connectivity index (χ0) is 5.82. The van der Waals surface area contributed by atoms with Crippen LogP contribution < -0.4 is 0 Å². The molecular formula is C8H7. The summed E-state index contributed by atoms with van der Waals surface area (Å²) in [5.41, 5.74) is 3.95. The number of hydrogen-bond acceptors (Lipinski definition) is 0. The Morgan fingerprint density at radius 1 is 1.75 bits per heavy atom. The lowest BCUT2D eigenvalue weighted by atomic mass is 10.1. The standard InChI is InChI=1S/C8H7/c1-2-8-6-4-3-5-7-8/h4-6H,1,7H2. The van der Waals surface area contributed by atoms with Crippen molar-refractivity contribution in [2.75, 3.05) is 0 Å². The second kappa shape index (κ2) is 2.34. The van der Waals surface area contributed by atoms with E-state index in [9.17, 15) is 0 Å². The average Bonchev–Trinajstić information content (AvgIpc) is 1.90. The van der Waals surface area contributed by atoms with Gasteiger partial charge in [-0.1, -0.05) is 24.8 Å². The second-order valence-electron chi connectivity index (χ2n) is 1.61. The van der Waals surface area contributed by atoms with E-state index in [0.717, 1.165) is 12.0 Å². The Morgan fingerprint density at radius 2 is 2.62 bits per heavy atom. The first kappa shape index (κ1) is 5.14. The van der Waals surface area contributed by atoms with E-state index in [2.05, 4.69) is 18.4 Å². The smallest absolute Gasteiger partial charge is 0.00147 e. The predicted molar refractivity (Wildman–Crippen MR) is 34.2 cm³/mol. The van der Waals surface area contributed by atoms with Crippen molar-refractivity contribution in [1.29, 1.82) is 0 Å². The Balaban J connectivity index is 2.80. The Kier molecular flexibility index (Phi) is 1.51. The number of hydrogen-bond donors (Lipinski definition) is 0. The molecule has 1 aliphatic carbocycles. The van der Waals surface area contributed by atoms with E-state index >= 15 is 0 Å². The van der Waals surface area contributed by atoms with Crippen molar-refractivity contribution < 1.29 is 0 Å². The molecule has 0 unspecified atom stereocenters. The molecule has 0 saturated carbocycles. The van der Waals surface area contributed by atoms with Gasteiger partial charge in [0.05, 0.1) is 0 Å². The maximum Gasteiger partial charge on any atom is -0.00147 e. The minimum atomic E-state index is 0.931. The second-order valence-corrected chi connectivity index (χ2v) is 1.61. The van der Waals surface area contributed by atoms with Crippen LogP contribution in [-0.4, -0.2) is 0 Å². The summed E-state index contributed by atoms with van der Waals surface area (Å²) in [5, 5.41) is 0. The molecule has 0 aromatic carbocycles. The highest BCUT2D eigenvalue weighted by Crippen LogP contribution is 2.05. The van der Waals surface area contributed by atoms with Crippen LogP contribution in [0.2, 0.25) is 0 Å². The third kappa shape index (κ3) is 0.988. The summed E-state index contributed by atoms with van der Waals surface area (Å²) in [6.45, 7) is 3.52. The van der Waals surface area contributed by atoms with Crippen LogP contribution in [0.15, 0.2) is 36.1 Å². The molecule has 39 valence electrons. The van der Waals surface area contributed by atoms with Crippen molar-refractivity contribution in [3.63, 3.8) is 0 Å². The first-order valence-corrected chi connectivity index (χ1v) is 2.56. The summed E-state index contributed by atoms with van der Waals surface area (Å²) in [6.07, 6.45) is 9.69. The molecule has 0 N–H and O–H groups in total. The number of rotatable bonds is 0. The zero-order valence-electron chi connectivity index (χ0n) is 4.65. The van der Waals surface area contributed by atoms with Gasteiger partial charge in [-0.15, -0.1) is 5.73 Å². The summed E-state index contributed by atoms with van der Waals surface area (Å²) in [7, 11) is 0. The van der Waals surface area contributed by atoms with Gasteiger partial charge in [0.1, 0.15) is 0 Å². The quantitative estimate of drug-likeness (QED) is 0.411. The van der Waals surface area contributed by atoms with Crippen molar-refractivity contribution in [1.82, 2.24) is 0 Å². The van der Waals surface area contributed by atoms with Crippen LogP contribution >= 0.6 is 0 Å². The topological polar surface area (TPSA) is 0 Å². The Labute approximate surface area is 49.5 Å². The van der Waals surface area contributed by atoms with E-state index in [4.69, 9.17) is 0 Å². The van der Waals surface area contributed by atoms with Crippen LogP contribution in [0.4, 0.5) is 0 Å². The predicted octanol–water partition coefficient (Wildman–Crippen LogP) is 2.02. The zero-order valence-corrected chi connectivity index (χ0v) is 4.65. The molecule has 0 amide bonds. The normalized spacial score (nSPS) is 16.2. The minimum absolute atomic E-state index is 0.931. The van der Waals surface area contributed by atoms with Gasteiger partial charge in [0, 0.05) is 0 Å². The molecule has 8 heavy (non-hydrogen) atoms. The molecule has 0 bridgehead atoms. The summed E-state index contributed by atoms with van der Waals surface area (Å²) in [6, 6.07) is 0. The van der Waals surface area contributed by atoms with Crippen LogP contribution in [0.3, 0.4) is 0 Å². The van der Waals surface area contributed by atoms with Gasteiger partial charge < -0.3 is 0 Å². The molecule has 0 aliphatic heterocycles. The van der Waals surface area contributed by atoms with Crippen molar-refractivity contribution in [3.05, 3.63) is 42.2 Å². The molecular weight excluding hydrogens is 96.1 g/mol. The maximum absolute atomic E-state index is 3.52. The fourth-order valence-corrected chi connectivity index (χ4v) is 0.585. The van der Waals surface area contributed by atoms with E-state index in [1.54, 1.807) is 0 Å². The van der Waals surface area contributed by atoms with Crippen molar-refractivity contribution in [2.24, 2.45) is 0 Å². The molecule has 0 fully saturated rings. The largest absolute Gasteiger partial charge is 0.125 e. The lowest BCUT2D eigenvalue weighted by molar-refractivity contribution is 1.26. The molecule has 1 radical (unpaired) electrons. The van der Waals surface area contributed by atoms with Crippen molar-refractivity contribution in [3.8, 4) is 0 Å². The van der Waals surface area contributed by atoms with E-state index in [0.29, 0.717) is 0 Å². The molecule has 0 atom stereocenters. The molecule has 0 aromatic rings. The summed E-state index contributed by atoms with van der Waals surface area (Å²) in [4.78, 5) is 0. The van der Waals surface area contributed by atoms with Gasteiger partial charge in [-0.3, -0.25) is 0 Å².